The van der Waals surface area contributed by atoms with Gasteiger partial charge in [0.15, 0.2) is 12.6 Å². The Kier molecular flexibility index (Phi) is 4.94. The number of aliphatic hydroxyl groups is 2. The molecule has 18 heavy (non-hydrogen) atoms. The highest BCUT2D eigenvalue weighted by Gasteiger charge is 2.48. The van der Waals surface area contributed by atoms with Crippen LogP contribution in [0.25, 0.3) is 0 Å². The zero-order valence-electron chi connectivity index (χ0n) is 10.8. The Hall–Kier alpha value is -0.240. The SMILES string of the molecule is CCCCC1OCC2O[C@H](OC)C(O)C(O)[C@@H]2O1. The van der Waals surface area contributed by atoms with Gasteiger partial charge in [0.05, 0.1) is 6.61 Å². The van der Waals surface area contributed by atoms with Gasteiger partial charge in [0.25, 0.3) is 0 Å². The Labute approximate surface area is 107 Å². The normalized spacial score (nSPS) is 44.7. The molecule has 6 heteroatoms. The summed E-state index contributed by atoms with van der Waals surface area (Å²) in [5.74, 6) is 0. The third-order valence-electron chi connectivity index (χ3n) is 3.42. The monoisotopic (exact) mass is 262 g/mol. The summed E-state index contributed by atoms with van der Waals surface area (Å²) in [6.45, 7) is 2.44. The van der Waals surface area contributed by atoms with Crippen molar-refractivity contribution >= 4 is 0 Å². The lowest BCUT2D eigenvalue weighted by molar-refractivity contribution is -0.356. The number of aliphatic hydroxyl groups excluding tert-OH is 2. The quantitative estimate of drug-likeness (QED) is 0.743. The van der Waals surface area contributed by atoms with Crippen LogP contribution in [-0.4, -0.2) is 60.9 Å². The highest BCUT2D eigenvalue weighted by molar-refractivity contribution is 4.92. The molecule has 0 spiro atoms. The topological polar surface area (TPSA) is 77.4 Å². The van der Waals surface area contributed by atoms with Gasteiger partial charge in [0.2, 0.25) is 0 Å². The van der Waals surface area contributed by atoms with Gasteiger partial charge in [-0.05, 0) is 12.8 Å². The van der Waals surface area contributed by atoms with Crippen LogP contribution in [-0.2, 0) is 18.9 Å². The summed E-state index contributed by atoms with van der Waals surface area (Å²) in [6.07, 6.45) is -1.36. The molecular formula is C12H22O6. The molecule has 2 aliphatic heterocycles. The summed E-state index contributed by atoms with van der Waals surface area (Å²) in [4.78, 5) is 0. The molecule has 106 valence electrons. The molecule has 0 amide bonds. The number of hydrogen-bond acceptors (Lipinski definition) is 6. The molecule has 2 fully saturated rings. The first-order chi connectivity index (χ1) is 8.67. The van der Waals surface area contributed by atoms with Crippen molar-refractivity contribution in [1.82, 2.24) is 0 Å². The molecule has 0 aromatic carbocycles. The van der Waals surface area contributed by atoms with Gasteiger partial charge in [0.1, 0.15) is 24.4 Å². The van der Waals surface area contributed by atoms with Gasteiger partial charge in [-0.15, -0.1) is 0 Å². The molecule has 0 aliphatic carbocycles. The van der Waals surface area contributed by atoms with Gasteiger partial charge >= 0.3 is 0 Å². The van der Waals surface area contributed by atoms with Crippen LogP contribution in [0.2, 0.25) is 0 Å². The van der Waals surface area contributed by atoms with E-state index in [1.165, 1.54) is 7.11 Å². The second-order valence-corrected chi connectivity index (χ2v) is 4.77. The van der Waals surface area contributed by atoms with E-state index in [0.717, 1.165) is 19.3 Å². The second kappa shape index (κ2) is 6.27. The zero-order chi connectivity index (χ0) is 13.1. The van der Waals surface area contributed by atoms with Crippen molar-refractivity contribution in [1.29, 1.82) is 0 Å². The van der Waals surface area contributed by atoms with Crippen LogP contribution in [0.1, 0.15) is 26.2 Å². The molecule has 6 nitrogen and oxygen atoms in total. The summed E-state index contributed by atoms with van der Waals surface area (Å²) in [5.41, 5.74) is 0. The highest BCUT2D eigenvalue weighted by atomic mass is 16.7. The van der Waals surface area contributed by atoms with Crippen LogP contribution in [0.15, 0.2) is 0 Å². The third kappa shape index (κ3) is 2.84. The van der Waals surface area contributed by atoms with Crippen molar-refractivity contribution in [3.8, 4) is 0 Å². The van der Waals surface area contributed by atoms with E-state index in [0.29, 0.717) is 6.61 Å². The minimum Gasteiger partial charge on any atom is -0.387 e. The van der Waals surface area contributed by atoms with Crippen LogP contribution < -0.4 is 0 Å². The first kappa shape index (κ1) is 14.2. The molecule has 2 saturated heterocycles. The Balaban J connectivity index is 1.94. The number of ether oxygens (including phenoxy) is 4. The van der Waals surface area contributed by atoms with Crippen molar-refractivity contribution in [3.05, 3.63) is 0 Å². The molecule has 2 N–H and O–H groups in total. The Morgan fingerprint density at radius 3 is 2.67 bits per heavy atom. The van der Waals surface area contributed by atoms with E-state index in [-0.39, 0.29) is 6.29 Å². The molecule has 0 aromatic heterocycles. The Bertz CT molecular complexity index is 259. The average molecular weight is 262 g/mol. The van der Waals surface area contributed by atoms with Crippen molar-refractivity contribution in [2.24, 2.45) is 0 Å². The van der Waals surface area contributed by atoms with Crippen molar-refractivity contribution in [3.63, 3.8) is 0 Å². The third-order valence-corrected chi connectivity index (χ3v) is 3.42. The van der Waals surface area contributed by atoms with Crippen molar-refractivity contribution < 1.29 is 29.2 Å². The van der Waals surface area contributed by atoms with Gasteiger partial charge in [-0.2, -0.15) is 0 Å². The van der Waals surface area contributed by atoms with Gasteiger partial charge in [-0.3, -0.25) is 0 Å². The minimum absolute atomic E-state index is 0.323. The highest BCUT2D eigenvalue weighted by Crippen LogP contribution is 2.29. The van der Waals surface area contributed by atoms with Gasteiger partial charge in [-0.1, -0.05) is 13.3 Å². The zero-order valence-corrected chi connectivity index (χ0v) is 10.8. The van der Waals surface area contributed by atoms with Crippen LogP contribution in [0.5, 0.6) is 0 Å². The van der Waals surface area contributed by atoms with Gasteiger partial charge in [0, 0.05) is 7.11 Å². The van der Waals surface area contributed by atoms with E-state index >= 15 is 0 Å². The molecule has 4 unspecified atom stereocenters. The number of fused-ring (bicyclic) bond motifs is 1. The molecule has 0 aromatic rings. The van der Waals surface area contributed by atoms with Crippen LogP contribution in [0.4, 0.5) is 0 Å². The van der Waals surface area contributed by atoms with Crippen LogP contribution >= 0.6 is 0 Å². The number of rotatable bonds is 4. The Morgan fingerprint density at radius 1 is 1.22 bits per heavy atom. The molecular weight excluding hydrogens is 240 g/mol. The summed E-state index contributed by atoms with van der Waals surface area (Å²) < 4.78 is 21.6. The van der Waals surface area contributed by atoms with E-state index in [4.69, 9.17) is 18.9 Å². The van der Waals surface area contributed by atoms with Gasteiger partial charge in [-0.25, -0.2) is 0 Å². The van der Waals surface area contributed by atoms with E-state index in [1.807, 2.05) is 0 Å². The summed E-state index contributed by atoms with van der Waals surface area (Å²) >= 11 is 0. The largest absolute Gasteiger partial charge is 0.387 e. The van der Waals surface area contributed by atoms with E-state index < -0.39 is 30.7 Å². The predicted molar refractivity (Wildman–Crippen MR) is 61.8 cm³/mol. The average Bonchev–Trinajstić information content (AvgIpc) is 2.40. The van der Waals surface area contributed by atoms with Crippen LogP contribution in [0.3, 0.4) is 0 Å². The summed E-state index contributed by atoms with van der Waals surface area (Å²) in [7, 11) is 1.43. The summed E-state index contributed by atoms with van der Waals surface area (Å²) in [5, 5.41) is 19.8. The predicted octanol–water partition coefficient (Wildman–Crippen LogP) is 0.0112. The fraction of sp³-hybridized carbons (Fsp3) is 1.00. The molecule has 0 radical (unpaired) electrons. The molecule has 6 atom stereocenters. The first-order valence-corrected chi connectivity index (χ1v) is 6.48. The molecule has 2 rings (SSSR count). The number of unbranched alkanes of at least 4 members (excludes halogenated alkanes) is 1. The van der Waals surface area contributed by atoms with E-state index in [2.05, 4.69) is 6.92 Å². The number of hydrogen-bond donors (Lipinski definition) is 2. The second-order valence-electron chi connectivity index (χ2n) is 4.77. The first-order valence-electron chi connectivity index (χ1n) is 6.48. The Morgan fingerprint density at radius 2 is 2.00 bits per heavy atom. The fourth-order valence-corrected chi connectivity index (χ4v) is 2.34. The molecule has 2 heterocycles. The number of methoxy groups -OCH3 is 1. The molecule has 2 aliphatic rings. The lowest BCUT2D eigenvalue weighted by Crippen LogP contribution is -2.63. The van der Waals surface area contributed by atoms with Crippen LogP contribution in [0, 0.1) is 0 Å². The minimum atomic E-state index is -1.10. The van der Waals surface area contributed by atoms with Crippen molar-refractivity contribution in [2.45, 2.75) is 63.2 Å². The molecule has 0 bridgehead atoms. The van der Waals surface area contributed by atoms with E-state index in [1.54, 1.807) is 0 Å². The maximum Gasteiger partial charge on any atom is 0.186 e. The van der Waals surface area contributed by atoms with E-state index in [9.17, 15) is 10.2 Å². The standard InChI is InChI=1S/C12H22O6/c1-3-4-5-8-16-6-7-11(18-8)9(13)10(14)12(15-2)17-7/h7-14H,3-6H2,1-2H3/t7?,8?,9?,10?,11-,12+/m1/s1. The lowest BCUT2D eigenvalue weighted by Gasteiger charge is -2.45. The summed E-state index contributed by atoms with van der Waals surface area (Å²) in [6, 6.07) is 0. The van der Waals surface area contributed by atoms with Gasteiger partial charge < -0.3 is 29.2 Å². The molecule has 0 saturated carbocycles. The lowest BCUT2D eigenvalue weighted by atomic mass is 9.98. The maximum absolute atomic E-state index is 10.0. The smallest absolute Gasteiger partial charge is 0.186 e. The fourth-order valence-electron chi connectivity index (χ4n) is 2.34. The maximum atomic E-state index is 10.0. The van der Waals surface area contributed by atoms with Crippen molar-refractivity contribution in [2.75, 3.05) is 13.7 Å².